The van der Waals surface area contributed by atoms with Gasteiger partial charge in [-0.15, -0.1) is 0 Å². The Labute approximate surface area is 111 Å². The summed E-state index contributed by atoms with van der Waals surface area (Å²) in [5.41, 5.74) is 0.458. The van der Waals surface area contributed by atoms with E-state index in [-0.39, 0.29) is 17.4 Å². The van der Waals surface area contributed by atoms with E-state index in [4.69, 9.17) is 0 Å². The molecule has 1 unspecified atom stereocenters. The van der Waals surface area contributed by atoms with Crippen molar-refractivity contribution in [2.45, 2.75) is 26.7 Å². The third-order valence-electron chi connectivity index (χ3n) is 3.64. The number of carbonyl (C=O) groups is 1. The van der Waals surface area contributed by atoms with E-state index in [1.807, 2.05) is 4.90 Å². The van der Waals surface area contributed by atoms with Crippen molar-refractivity contribution >= 4 is 17.3 Å². The number of carbonyl (C=O) groups excluding carboxylic acids is 1. The van der Waals surface area contributed by atoms with Crippen LogP contribution in [0.5, 0.6) is 0 Å². The average Bonchev–Trinajstić information content (AvgIpc) is 2.64. The van der Waals surface area contributed by atoms with Gasteiger partial charge < -0.3 is 4.90 Å². The first-order valence-corrected chi connectivity index (χ1v) is 6.35. The predicted octanol–water partition coefficient (Wildman–Crippen LogP) is 1.44. The molecule has 0 saturated carbocycles. The number of nitrogens with zero attached hydrogens (tertiary/aromatic N) is 4. The Morgan fingerprint density at radius 2 is 2.21 bits per heavy atom. The maximum Gasteiger partial charge on any atom is 0.333 e. The van der Waals surface area contributed by atoms with Crippen molar-refractivity contribution in [1.29, 1.82) is 0 Å². The number of Topliss-reactive ketones (excluding diaryl/α,β-unsaturated/α-hetero) is 1. The fourth-order valence-electron chi connectivity index (χ4n) is 2.70. The summed E-state index contributed by atoms with van der Waals surface area (Å²) in [5.74, 6) is 0.614. The van der Waals surface area contributed by atoms with Gasteiger partial charge >= 0.3 is 5.69 Å². The van der Waals surface area contributed by atoms with E-state index in [1.54, 1.807) is 20.9 Å². The van der Waals surface area contributed by atoms with Gasteiger partial charge in [-0.3, -0.25) is 14.9 Å². The lowest BCUT2D eigenvalue weighted by molar-refractivity contribution is -0.384. The van der Waals surface area contributed by atoms with Gasteiger partial charge in [0.1, 0.15) is 11.5 Å². The number of anilines is 1. The molecule has 19 heavy (non-hydrogen) atoms. The SMILES string of the molecule is CC(=O)C1CCCN(c2c([N+](=O)[O-])c(C)nn2C)C1. The minimum atomic E-state index is -0.394. The molecular weight excluding hydrogens is 248 g/mol. The third-order valence-corrected chi connectivity index (χ3v) is 3.64. The van der Waals surface area contributed by atoms with Gasteiger partial charge in [-0.2, -0.15) is 5.10 Å². The van der Waals surface area contributed by atoms with Crippen LogP contribution in [-0.4, -0.2) is 33.6 Å². The molecule has 1 atom stereocenters. The molecule has 0 radical (unpaired) electrons. The van der Waals surface area contributed by atoms with E-state index in [2.05, 4.69) is 5.10 Å². The van der Waals surface area contributed by atoms with Crippen LogP contribution in [0.2, 0.25) is 0 Å². The molecule has 7 heteroatoms. The fraction of sp³-hybridized carbons (Fsp3) is 0.667. The Hall–Kier alpha value is -1.92. The first kappa shape index (κ1) is 13.5. The molecule has 7 nitrogen and oxygen atoms in total. The molecule has 1 aliphatic heterocycles. The second-order valence-corrected chi connectivity index (χ2v) is 5.03. The zero-order chi connectivity index (χ0) is 14.2. The number of aryl methyl sites for hydroxylation is 2. The molecule has 1 fully saturated rings. The second-order valence-electron chi connectivity index (χ2n) is 5.03. The highest BCUT2D eigenvalue weighted by molar-refractivity contribution is 5.79. The minimum Gasteiger partial charge on any atom is -0.350 e. The van der Waals surface area contributed by atoms with Gasteiger partial charge in [0.15, 0.2) is 0 Å². The van der Waals surface area contributed by atoms with Crippen LogP contribution in [0.15, 0.2) is 0 Å². The highest BCUT2D eigenvalue weighted by Gasteiger charge is 2.32. The molecule has 0 aromatic carbocycles. The van der Waals surface area contributed by atoms with Gasteiger partial charge in [-0.05, 0) is 26.7 Å². The van der Waals surface area contributed by atoms with E-state index in [0.29, 0.717) is 18.1 Å². The topological polar surface area (TPSA) is 81.3 Å². The molecule has 2 heterocycles. The number of nitro groups is 1. The van der Waals surface area contributed by atoms with Crippen molar-refractivity contribution in [3.05, 3.63) is 15.8 Å². The van der Waals surface area contributed by atoms with Crippen molar-refractivity contribution in [2.75, 3.05) is 18.0 Å². The first-order valence-electron chi connectivity index (χ1n) is 6.35. The van der Waals surface area contributed by atoms with Gasteiger partial charge in [0.05, 0.1) is 4.92 Å². The molecule has 2 rings (SSSR count). The summed E-state index contributed by atoms with van der Waals surface area (Å²) in [5, 5.41) is 15.3. The van der Waals surface area contributed by atoms with Gasteiger partial charge in [-0.1, -0.05) is 0 Å². The number of hydrogen-bond acceptors (Lipinski definition) is 5. The largest absolute Gasteiger partial charge is 0.350 e. The summed E-state index contributed by atoms with van der Waals surface area (Å²) in [4.78, 5) is 24.2. The van der Waals surface area contributed by atoms with Crippen molar-refractivity contribution in [3.63, 3.8) is 0 Å². The predicted molar refractivity (Wildman–Crippen MR) is 70.2 cm³/mol. The Bertz CT molecular complexity index is 523. The summed E-state index contributed by atoms with van der Waals surface area (Å²) >= 11 is 0. The lowest BCUT2D eigenvalue weighted by Crippen LogP contribution is -2.39. The Kier molecular flexibility index (Phi) is 3.55. The van der Waals surface area contributed by atoms with E-state index >= 15 is 0 Å². The van der Waals surface area contributed by atoms with Crippen LogP contribution >= 0.6 is 0 Å². The van der Waals surface area contributed by atoms with Crippen molar-refractivity contribution < 1.29 is 9.72 Å². The summed E-state index contributed by atoms with van der Waals surface area (Å²) in [6.07, 6.45) is 1.72. The quantitative estimate of drug-likeness (QED) is 0.610. The lowest BCUT2D eigenvalue weighted by atomic mass is 9.94. The van der Waals surface area contributed by atoms with Crippen LogP contribution in [0.3, 0.4) is 0 Å². The second kappa shape index (κ2) is 4.99. The molecule has 1 aromatic heterocycles. The monoisotopic (exact) mass is 266 g/mol. The number of ketones is 1. The first-order chi connectivity index (χ1) is 8.91. The molecule has 1 aromatic rings. The molecule has 0 amide bonds. The molecule has 0 bridgehead atoms. The average molecular weight is 266 g/mol. The van der Waals surface area contributed by atoms with Crippen LogP contribution < -0.4 is 4.90 Å². The van der Waals surface area contributed by atoms with Crippen molar-refractivity contribution in [3.8, 4) is 0 Å². The van der Waals surface area contributed by atoms with Crippen LogP contribution in [0.4, 0.5) is 11.5 Å². The zero-order valence-electron chi connectivity index (χ0n) is 11.4. The van der Waals surface area contributed by atoms with Gasteiger partial charge in [0.25, 0.3) is 0 Å². The molecule has 1 saturated heterocycles. The highest BCUT2D eigenvalue weighted by Crippen LogP contribution is 2.33. The highest BCUT2D eigenvalue weighted by atomic mass is 16.6. The molecule has 104 valence electrons. The number of rotatable bonds is 3. The van der Waals surface area contributed by atoms with E-state index in [0.717, 1.165) is 19.4 Å². The van der Waals surface area contributed by atoms with Crippen molar-refractivity contribution in [1.82, 2.24) is 9.78 Å². The maximum atomic E-state index is 11.5. The van der Waals surface area contributed by atoms with Gasteiger partial charge in [-0.25, -0.2) is 4.68 Å². The summed E-state index contributed by atoms with van der Waals surface area (Å²) in [6, 6.07) is 0. The third kappa shape index (κ3) is 2.45. The number of piperidine rings is 1. The van der Waals surface area contributed by atoms with Crippen LogP contribution in [0, 0.1) is 23.0 Å². The Balaban J connectivity index is 2.36. The Morgan fingerprint density at radius 1 is 1.53 bits per heavy atom. The van der Waals surface area contributed by atoms with Gasteiger partial charge in [0.2, 0.25) is 5.82 Å². The lowest BCUT2D eigenvalue weighted by Gasteiger charge is -2.32. The normalized spacial score (nSPS) is 19.5. The molecule has 0 aliphatic carbocycles. The van der Waals surface area contributed by atoms with Gasteiger partial charge in [0, 0.05) is 26.1 Å². The summed E-state index contributed by atoms with van der Waals surface area (Å²) in [7, 11) is 1.70. The molecule has 0 N–H and O–H groups in total. The Morgan fingerprint density at radius 3 is 2.79 bits per heavy atom. The van der Waals surface area contributed by atoms with Crippen molar-refractivity contribution in [2.24, 2.45) is 13.0 Å². The maximum absolute atomic E-state index is 11.5. The summed E-state index contributed by atoms with van der Waals surface area (Å²) in [6.45, 7) is 4.48. The smallest absolute Gasteiger partial charge is 0.333 e. The van der Waals surface area contributed by atoms with Crippen LogP contribution in [-0.2, 0) is 11.8 Å². The molecule has 1 aliphatic rings. The molecular formula is C12H18N4O3. The van der Waals surface area contributed by atoms with Crippen LogP contribution in [0.25, 0.3) is 0 Å². The number of aromatic nitrogens is 2. The van der Waals surface area contributed by atoms with Crippen LogP contribution in [0.1, 0.15) is 25.5 Å². The standard InChI is InChI=1S/C12H18N4O3/c1-8-11(16(18)19)12(14(3)13-8)15-6-4-5-10(7-15)9(2)17/h10H,4-7H2,1-3H3. The minimum absolute atomic E-state index is 0.0384. The van der Waals surface area contributed by atoms with E-state index in [9.17, 15) is 14.9 Å². The molecule has 0 spiro atoms. The zero-order valence-corrected chi connectivity index (χ0v) is 11.4. The summed E-state index contributed by atoms with van der Waals surface area (Å²) < 4.78 is 1.54. The van der Waals surface area contributed by atoms with E-state index < -0.39 is 4.92 Å². The fourth-order valence-corrected chi connectivity index (χ4v) is 2.70. The van der Waals surface area contributed by atoms with E-state index in [1.165, 1.54) is 4.68 Å². The number of hydrogen-bond donors (Lipinski definition) is 0.